The van der Waals surface area contributed by atoms with Gasteiger partial charge in [0.1, 0.15) is 18.8 Å². The highest BCUT2D eigenvalue weighted by atomic mass is 16.7. The van der Waals surface area contributed by atoms with Crippen LogP contribution in [-0.2, 0) is 42.9 Å². The van der Waals surface area contributed by atoms with Crippen molar-refractivity contribution in [3.05, 3.63) is 36.5 Å². The van der Waals surface area contributed by atoms with Gasteiger partial charge in [-0.2, -0.15) is 0 Å². The number of carbonyl (C=O) groups is 4. The minimum absolute atomic E-state index is 0.0659. The van der Waals surface area contributed by atoms with Crippen molar-refractivity contribution in [3.8, 4) is 0 Å². The molecule has 0 amide bonds. The van der Waals surface area contributed by atoms with Gasteiger partial charge in [-0.15, -0.1) is 0 Å². The first kappa shape index (κ1) is 70.0. The highest BCUT2D eigenvalue weighted by Crippen LogP contribution is 2.27. The topological polar surface area (TPSA) is 175 Å². The van der Waals surface area contributed by atoms with Crippen molar-refractivity contribution >= 4 is 23.9 Å². The van der Waals surface area contributed by atoms with Gasteiger partial charge in [0, 0.05) is 19.3 Å². The molecule has 1 aliphatic rings. The van der Waals surface area contributed by atoms with E-state index in [9.17, 15) is 34.5 Å². The number of rotatable bonds is 53. The van der Waals surface area contributed by atoms with Gasteiger partial charge in [-0.1, -0.05) is 256 Å². The Bertz CT molecular complexity index is 1450. The van der Waals surface area contributed by atoms with E-state index in [0.29, 0.717) is 19.3 Å². The van der Waals surface area contributed by atoms with Crippen LogP contribution in [0.2, 0.25) is 0 Å². The maximum absolute atomic E-state index is 13.1. The molecule has 6 atom stereocenters. The monoisotopic (exact) mass is 1060 g/mol. The van der Waals surface area contributed by atoms with Crippen LogP contribution >= 0.6 is 0 Å². The summed E-state index contributed by atoms with van der Waals surface area (Å²) in [5.74, 6) is -3.10. The molecule has 12 heteroatoms. The van der Waals surface area contributed by atoms with Crippen molar-refractivity contribution < 1.29 is 58.2 Å². The van der Waals surface area contributed by atoms with Gasteiger partial charge in [-0.05, 0) is 51.4 Å². The number of allylic oxidation sites excluding steroid dienone is 6. The third-order valence-corrected chi connectivity index (χ3v) is 14.2. The summed E-state index contributed by atoms with van der Waals surface area (Å²) < 4.78 is 28.5. The van der Waals surface area contributed by atoms with Crippen LogP contribution in [0.1, 0.15) is 290 Å². The van der Waals surface area contributed by atoms with E-state index in [1.54, 1.807) is 0 Å². The third-order valence-electron chi connectivity index (χ3n) is 14.2. The first-order chi connectivity index (χ1) is 36.6. The number of esters is 3. The number of aliphatic carboxylic acids is 1. The molecule has 75 heavy (non-hydrogen) atoms. The van der Waals surface area contributed by atoms with Crippen LogP contribution in [0.5, 0.6) is 0 Å². The molecule has 1 fully saturated rings. The number of carboxylic acid groups (broad SMARTS) is 1. The number of carbonyl (C=O) groups excluding carboxylic acids is 3. The van der Waals surface area contributed by atoms with Gasteiger partial charge in [0.15, 0.2) is 24.6 Å². The fourth-order valence-corrected chi connectivity index (χ4v) is 9.50. The van der Waals surface area contributed by atoms with Crippen molar-refractivity contribution in [2.75, 3.05) is 13.2 Å². The van der Waals surface area contributed by atoms with Crippen LogP contribution < -0.4 is 0 Å². The zero-order chi connectivity index (χ0) is 54.7. The number of unbranched alkanes of at least 4 members (excludes halogenated alkanes) is 33. The Labute approximate surface area is 457 Å². The minimum atomic E-state index is -1.90. The molecule has 0 aliphatic carbocycles. The highest BCUT2D eigenvalue weighted by Gasteiger charge is 2.50. The van der Waals surface area contributed by atoms with Crippen LogP contribution in [0.25, 0.3) is 0 Å². The lowest BCUT2D eigenvalue weighted by atomic mass is 9.98. The summed E-state index contributed by atoms with van der Waals surface area (Å²) in [7, 11) is 0. The van der Waals surface area contributed by atoms with Crippen molar-refractivity contribution in [2.24, 2.45) is 0 Å². The van der Waals surface area contributed by atoms with E-state index in [1.807, 2.05) is 0 Å². The van der Waals surface area contributed by atoms with E-state index >= 15 is 0 Å². The number of hydrogen-bond donors (Lipinski definition) is 3. The molecule has 1 saturated heterocycles. The van der Waals surface area contributed by atoms with Gasteiger partial charge in [-0.25, -0.2) is 4.79 Å². The standard InChI is InChI=1S/C63H112O12/c1-4-7-10-13-16-19-22-24-26-28-30-32-35-37-40-43-46-49-55(64)71-52-54(73-56(65)50-47-44-41-38-34-21-18-15-12-9-6-3)53-72-63-61(59(68)58(67)60(75-63)62(69)70)74-57(66)51-48-45-42-39-36-33-31-29-27-25-23-20-17-14-11-8-5-2/h7,10,16,19,24,26,54,58-61,63,67-68H,4-6,8-9,11-15,17-18,20-23,25,27-53H2,1-3H3,(H,69,70)/b10-7-,19-16-,26-24-. The first-order valence-corrected chi connectivity index (χ1v) is 31.0. The van der Waals surface area contributed by atoms with Crippen molar-refractivity contribution in [2.45, 2.75) is 327 Å². The Morgan fingerprint density at radius 3 is 1.28 bits per heavy atom. The fourth-order valence-electron chi connectivity index (χ4n) is 9.50. The van der Waals surface area contributed by atoms with Gasteiger partial charge < -0.3 is 39.0 Å². The lowest BCUT2D eigenvalue weighted by molar-refractivity contribution is -0.301. The molecule has 0 bridgehead atoms. The van der Waals surface area contributed by atoms with E-state index in [0.717, 1.165) is 89.9 Å². The number of hydrogen-bond acceptors (Lipinski definition) is 11. The number of carboxylic acids is 1. The highest BCUT2D eigenvalue weighted by molar-refractivity contribution is 5.74. The Morgan fingerprint density at radius 1 is 0.453 bits per heavy atom. The molecule has 1 rings (SSSR count). The molecule has 3 N–H and O–H groups in total. The van der Waals surface area contributed by atoms with Crippen LogP contribution in [0.15, 0.2) is 36.5 Å². The smallest absolute Gasteiger partial charge is 0.335 e. The Balaban J connectivity index is 2.64. The van der Waals surface area contributed by atoms with Crippen LogP contribution in [0.3, 0.4) is 0 Å². The van der Waals surface area contributed by atoms with E-state index in [-0.39, 0.29) is 25.9 Å². The van der Waals surface area contributed by atoms with Crippen LogP contribution in [0, 0.1) is 0 Å². The second-order valence-corrected chi connectivity index (χ2v) is 21.3. The molecule has 6 unspecified atom stereocenters. The van der Waals surface area contributed by atoms with Gasteiger partial charge in [0.2, 0.25) is 0 Å². The summed E-state index contributed by atoms with van der Waals surface area (Å²) in [6, 6.07) is 0. The van der Waals surface area contributed by atoms with Crippen molar-refractivity contribution in [1.29, 1.82) is 0 Å². The summed E-state index contributed by atoms with van der Waals surface area (Å²) in [5.41, 5.74) is 0. The number of aliphatic hydroxyl groups excluding tert-OH is 2. The molecule has 1 heterocycles. The second kappa shape index (κ2) is 51.7. The first-order valence-electron chi connectivity index (χ1n) is 31.0. The Hall–Kier alpha value is -3.06. The lowest BCUT2D eigenvalue weighted by Gasteiger charge is -2.40. The largest absolute Gasteiger partial charge is 0.479 e. The molecule has 12 nitrogen and oxygen atoms in total. The molecule has 0 aromatic carbocycles. The average molecular weight is 1060 g/mol. The summed E-state index contributed by atoms with van der Waals surface area (Å²) in [4.78, 5) is 51.1. The summed E-state index contributed by atoms with van der Waals surface area (Å²) in [6.07, 6.45) is 48.3. The minimum Gasteiger partial charge on any atom is -0.479 e. The predicted molar refractivity (Wildman–Crippen MR) is 303 cm³/mol. The molecular weight excluding hydrogens is 949 g/mol. The number of aliphatic hydroxyl groups is 2. The van der Waals surface area contributed by atoms with Gasteiger partial charge in [0.25, 0.3) is 0 Å². The zero-order valence-electron chi connectivity index (χ0n) is 48.1. The SMILES string of the molecule is CC/C=C\C/C=C\C/C=C\CCCCCCCCCC(=O)OCC(COC1OC(C(=O)O)C(O)C(O)C1OC(=O)CCCCCCCCCCCCCCCCCCC)OC(=O)CCCCCCCCCCCCC. The normalized spacial score (nSPS) is 18.3. The van der Waals surface area contributed by atoms with E-state index in [1.165, 1.54) is 141 Å². The Kier molecular flexibility index (Phi) is 48.2. The Morgan fingerprint density at radius 2 is 0.840 bits per heavy atom. The van der Waals surface area contributed by atoms with Gasteiger partial charge >= 0.3 is 23.9 Å². The average Bonchev–Trinajstić information content (AvgIpc) is 3.39. The predicted octanol–water partition coefficient (Wildman–Crippen LogP) is 16.0. The van der Waals surface area contributed by atoms with Crippen molar-refractivity contribution in [1.82, 2.24) is 0 Å². The molecule has 0 spiro atoms. The molecule has 0 aromatic rings. The van der Waals surface area contributed by atoms with Crippen molar-refractivity contribution in [3.63, 3.8) is 0 Å². The molecule has 436 valence electrons. The molecule has 0 saturated carbocycles. The summed E-state index contributed by atoms with van der Waals surface area (Å²) in [6.45, 7) is 5.90. The molecule has 1 aliphatic heterocycles. The summed E-state index contributed by atoms with van der Waals surface area (Å²) in [5, 5.41) is 31.5. The molecule has 0 aromatic heterocycles. The van der Waals surface area contributed by atoms with Gasteiger partial charge in [-0.3, -0.25) is 14.4 Å². The maximum atomic E-state index is 13.1. The van der Waals surface area contributed by atoms with Crippen LogP contribution in [-0.4, -0.2) is 89.2 Å². The van der Waals surface area contributed by atoms with Crippen LogP contribution in [0.4, 0.5) is 0 Å². The van der Waals surface area contributed by atoms with E-state index < -0.39 is 67.3 Å². The zero-order valence-corrected chi connectivity index (χ0v) is 48.1. The third kappa shape index (κ3) is 41.7. The lowest BCUT2D eigenvalue weighted by Crippen LogP contribution is -2.61. The molecular formula is C63H112O12. The maximum Gasteiger partial charge on any atom is 0.335 e. The van der Waals surface area contributed by atoms with E-state index in [2.05, 4.69) is 57.2 Å². The fraction of sp³-hybridized carbons (Fsp3) is 0.841. The quantitative estimate of drug-likeness (QED) is 0.0228. The summed E-state index contributed by atoms with van der Waals surface area (Å²) >= 11 is 0. The number of ether oxygens (including phenoxy) is 5. The molecule has 0 radical (unpaired) electrons. The van der Waals surface area contributed by atoms with Gasteiger partial charge in [0.05, 0.1) is 6.61 Å². The van der Waals surface area contributed by atoms with E-state index in [4.69, 9.17) is 23.7 Å². The second-order valence-electron chi connectivity index (χ2n) is 21.3.